The van der Waals surface area contributed by atoms with Crippen LogP contribution >= 0.6 is 11.5 Å². The van der Waals surface area contributed by atoms with E-state index in [2.05, 4.69) is 9.59 Å². The maximum atomic E-state index is 13.1. The normalized spacial score (nSPS) is 12.8. The molecule has 0 aliphatic heterocycles. The maximum Gasteiger partial charge on any atom is 0.412 e. The van der Waals surface area contributed by atoms with Crippen LogP contribution in [0.2, 0.25) is 0 Å². The largest absolute Gasteiger partial charge is 0.497 e. The van der Waals surface area contributed by atoms with Gasteiger partial charge in [-0.1, -0.05) is 16.6 Å². The van der Waals surface area contributed by atoms with Gasteiger partial charge in [0, 0.05) is 5.38 Å². The van der Waals surface area contributed by atoms with E-state index in [9.17, 15) is 18.0 Å². The topological polar surface area (TPSA) is 64.1 Å². The van der Waals surface area contributed by atoms with Crippen LogP contribution in [0.3, 0.4) is 0 Å². The number of aromatic nitrogens is 2. The molecule has 1 heterocycles. The van der Waals surface area contributed by atoms with Crippen LogP contribution < -0.4 is 10.1 Å². The molecule has 9 heteroatoms. The zero-order valence-corrected chi connectivity index (χ0v) is 11.5. The molecule has 2 aromatic rings. The van der Waals surface area contributed by atoms with Gasteiger partial charge in [0.05, 0.1) is 7.11 Å². The molecule has 0 saturated heterocycles. The molecule has 1 amide bonds. The third kappa shape index (κ3) is 3.69. The molecule has 0 fully saturated rings. The van der Waals surface area contributed by atoms with Gasteiger partial charge in [0.1, 0.15) is 5.75 Å². The quantitative estimate of drug-likeness (QED) is 0.941. The van der Waals surface area contributed by atoms with Crippen molar-refractivity contribution in [3.63, 3.8) is 0 Å². The Morgan fingerprint density at radius 1 is 1.33 bits per heavy atom. The summed E-state index contributed by atoms with van der Waals surface area (Å²) in [6.07, 6.45) is -4.63. The fourth-order valence-corrected chi connectivity index (χ4v) is 2.06. The van der Waals surface area contributed by atoms with Crippen molar-refractivity contribution in [1.29, 1.82) is 0 Å². The van der Waals surface area contributed by atoms with Crippen molar-refractivity contribution in [2.24, 2.45) is 0 Å². The fourth-order valence-electron chi connectivity index (χ4n) is 1.62. The van der Waals surface area contributed by atoms with E-state index in [0.717, 1.165) is 11.5 Å². The Morgan fingerprint density at radius 3 is 2.48 bits per heavy atom. The first-order valence-corrected chi connectivity index (χ1v) is 6.54. The van der Waals surface area contributed by atoms with E-state index in [1.807, 2.05) is 5.32 Å². The van der Waals surface area contributed by atoms with E-state index in [1.54, 1.807) is 0 Å². The molecule has 1 unspecified atom stereocenters. The lowest BCUT2D eigenvalue weighted by molar-refractivity contribution is -0.155. The highest BCUT2D eigenvalue weighted by Crippen LogP contribution is 2.33. The number of rotatable bonds is 4. The van der Waals surface area contributed by atoms with E-state index in [0.29, 0.717) is 5.75 Å². The lowest BCUT2D eigenvalue weighted by Gasteiger charge is -2.21. The molecule has 0 spiro atoms. The van der Waals surface area contributed by atoms with E-state index < -0.39 is 18.1 Å². The van der Waals surface area contributed by atoms with Crippen molar-refractivity contribution in [1.82, 2.24) is 14.9 Å². The van der Waals surface area contributed by atoms with Gasteiger partial charge in [0.15, 0.2) is 11.7 Å². The number of halogens is 3. The molecule has 0 saturated carbocycles. The summed E-state index contributed by atoms with van der Waals surface area (Å²) in [6.45, 7) is 0. The van der Waals surface area contributed by atoms with Crippen molar-refractivity contribution in [3.8, 4) is 5.75 Å². The van der Waals surface area contributed by atoms with Crippen LogP contribution in [0, 0.1) is 0 Å². The van der Waals surface area contributed by atoms with E-state index >= 15 is 0 Å². The number of amides is 1. The van der Waals surface area contributed by atoms with E-state index in [4.69, 9.17) is 4.74 Å². The zero-order chi connectivity index (χ0) is 15.5. The average Bonchev–Trinajstić information content (AvgIpc) is 2.98. The molecular formula is C12H10F3N3O2S. The first-order valence-electron chi connectivity index (χ1n) is 5.70. The number of hydrogen-bond acceptors (Lipinski definition) is 5. The van der Waals surface area contributed by atoms with Crippen LogP contribution in [0.4, 0.5) is 13.2 Å². The minimum atomic E-state index is -4.63. The van der Waals surface area contributed by atoms with Gasteiger partial charge in [-0.15, -0.1) is 5.10 Å². The molecule has 0 radical (unpaired) electrons. The Kier molecular flexibility index (Phi) is 4.41. The fraction of sp³-hybridized carbons (Fsp3) is 0.250. The summed E-state index contributed by atoms with van der Waals surface area (Å²) >= 11 is 0.884. The van der Waals surface area contributed by atoms with Gasteiger partial charge in [-0.2, -0.15) is 13.2 Å². The molecule has 5 nitrogen and oxygen atoms in total. The van der Waals surface area contributed by atoms with Gasteiger partial charge in [-0.25, -0.2) is 0 Å². The molecule has 1 aromatic carbocycles. The number of nitrogens with zero attached hydrogens (tertiary/aromatic N) is 2. The molecule has 1 atom stereocenters. The molecule has 0 bridgehead atoms. The minimum Gasteiger partial charge on any atom is -0.497 e. The van der Waals surface area contributed by atoms with Gasteiger partial charge in [-0.3, -0.25) is 4.79 Å². The van der Waals surface area contributed by atoms with Crippen molar-refractivity contribution in [2.75, 3.05) is 7.11 Å². The van der Waals surface area contributed by atoms with Crippen LogP contribution in [0.1, 0.15) is 22.1 Å². The monoisotopic (exact) mass is 317 g/mol. The highest BCUT2D eigenvalue weighted by atomic mass is 32.1. The predicted octanol–water partition coefficient (Wildman–Crippen LogP) is 2.58. The number of ether oxygens (including phenoxy) is 1. The van der Waals surface area contributed by atoms with Crippen molar-refractivity contribution in [3.05, 3.63) is 40.9 Å². The Hall–Kier alpha value is -2.16. The standard InChI is InChI=1S/C12H10F3N3O2S/c1-20-8-4-2-7(3-5-8)10(12(13,14)15)16-11(19)9-6-21-18-17-9/h2-6,10H,1H3,(H,16,19). The summed E-state index contributed by atoms with van der Waals surface area (Å²) in [4.78, 5) is 11.7. The first-order chi connectivity index (χ1) is 9.91. The number of carbonyl (C=O) groups excluding carboxylic acids is 1. The third-order valence-corrected chi connectivity index (χ3v) is 3.15. The Morgan fingerprint density at radius 2 is 2.00 bits per heavy atom. The summed E-state index contributed by atoms with van der Waals surface area (Å²) < 4.78 is 47.7. The molecular weight excluding hydrogens is 307 g/mol. The molecule has 1 N–H and O–H groups in total. The van der Waals surface area contributed by atoms with Gasteiger partial charge in [0.25, 0.3) is 5.91 Å². The van der Waals surface area contributed by atoms with Crippen molar-refractivity contribution < 1.29 is 22.7 Å². The van der Waals surface area contributed by atoms with Crippen LogP contribution in [-0.4, -0.2) is 28.8 Å². The summed E-state index contributed by atoms with van der Waals surface area (Å²) in [7, 11) is 1.41. The number of methoxy groups -OCH3 is 1. The zero-order valence-electron chi connectivity index (χ0n) is 10.7. The van der Waals surface area contributed by atoms with Gasteiger partial charge in [-0.05, 0) is 29.2 Å². The minimum absolute atomic E-state index is 0.0974. The van der Waals surface area contributed by atoms with Gasteiger partial charge in [0.2, 0.25) is 0 Å². The highest BCUT2D eigenvalue weighted by Gasteiger charge is 2.42. The smallest absolute Gasteiger partial charge is 0.412 e. The Labute approximate surface area is 121 Å². The van der Waals surface area contributed by atoms with Crippen LogP contribution in [0.5, 0.6) is 5.75 Å². The van der Waals surface area contributed by atoms with Crippen LogP contribution in [0.25, 0.3) is 0 Å². The second-order valence-corrected chi connectivity index (χ2v) is 4.62. The van der Waals surface area contributed by atoms with Crippen LogP contribution in [0.15, 0.2) is 29.6 Å². The summed E-state index contributed by atoms with van der Waals surface area (Å²) in [5.41, 5.74) is -0.248. The third-order valence-electron chi connectivity index (χ3n) is 2.64. The summed E-state index contributed by atoms with van der Waals surface area (Å²) in [5, 5.41) is 6.63. The van der Waals surface area contributed by atoms with Crippen LogP contribution in [-0.2, 0) is 0 Å². The molecule has 21 heavy (non-hydrogen) atoms. The van der Waals surface area contributed by atoms with Crippen molar-refractivity contribution >= 4 is 17.4 Å². The predicted molar refractivity (Wildman–Crippen MR) is 69.2 cm³/mol. The SMILES string of the molecule is COc1ccc(C(NC(=O)c2csnn2)C(F)(F)F)cc1. The number of hydrogen-bond donors (Lipinski definition) is 1. The number of benzene rings is 1. The second kappa shape index (κ2) is 6.08. The van der Waals surface area contributed by atoms with E-state index in [-0.39, 0.29) is 11.3 Å². The summed E-state index contributed by atoms with van der Waals surface area (Å²) in [5.74, 6) is -0.503. The Balaban J connectivity index is 2.24. The maximum absolute atomic E-state index is 13.1. The highest BCUT2D eigenvalue weighted by molar-refractivity contribution is 7.03. The average molecular weight is 317 g/mol. The Bertz CT molecular complexity index is 599. The second-order valence-electron chi connectivity index (χ2n) is 4.01. The van der Waals surface area contributed by atoms with Gasteiger partial charge >= 0.3 is 6.18 Å². The molecule has 0 aliphatic carbocycles. The number of nitrogens with one attached hydrogen (secondary N) is 1. The lowest BCUT2D eigenvalue weighted by atomic mass is 10.1. The van der Waals surface area contributed by atoms with Crippen molar-refractivity contribution in [2.45, 2.75) is 12.2 Å². The first kappa shape index (κ1) is 15.2. The molecule has 1 aromatic heterocycles. The van der Waals surface area contributed by atoms with E-state index in [1.165, 1.54) is 36.8 Å². The number of carbonyl (C=O) groups is 1. The molecule has 2 rings (SSSR count). The molecule has 0 aliphatic rings. The lowest BCUT2D eigenvalue weighted by Crippen LogP contribution is -2.38. The van der Waals surface area contributed by atoms with Gasteiger partial charge < -0.3 is 10.1 Å². The molecule has 112 valence electrons. The number of alkyl halides is 3. The summed E-state index contributed by atoms with van der Waals surface area (Å²) in [6, 6.07) is 3.15.